The van der Waals surface area contributed by atoms with Crippen LogP contribution in [0, 0.1) is 0 Å². The summed E-state index contributed by atoms with van der Waals surface area (Å²) in [5.74, 6) is -0.664. The van der Waals surface area contributed by atoms with E-state index in [1.54, 1.807) is 0 Å². The van der Waals surface area contributed by atoms with Crippen LogP contribution in [0.5, 0.6) is 0 Å². The van der Waals surface area contributed by atoms with Gasteiger partial charge in [0.1, 0.15) is 0 Å². The number of hydrogen-bond donors (Lipinski definition) is 4. The third kappa shape index (κ3) is 32.9. The third-order valence-electron chi connectivity index (χ3n) is 3.65. The average molecular weight is 344 g/mol. The summed E-state index contributed by atoms with van der Waals surface area (Å²) in [5.41, 5.74) is 0. The van der Waals surface area contributed by atoms with Crippen molar-refractivity contribution in [1.82, 2.24) is 0 Å². The number of carbonyl (C=O) groups is 1. The molecule has 0 aromatic carbocycles. The van der Waals surface area contributed by atoms with Gasteiger partial charge in [-0.15, -0.1) is 0 Å². The van der Waals surface area contributed by atoms with Crippen LogP contribution < -0.4 is 0 Å². The van der Waals surface area contributed by atoms with Crippen molar-refractivity contribution in [2.24, 2.45) is 0 Å². The van der Waals surface area contributed by atoms with Gasteiger partial charge in [0.2, 0.25) is 0 Å². The Labute approximate surface area is 148 Å². The van der Waals surface area contributed by atoms with Gasteiger partial charge in [-0.05, 0) is 32.1 Å². The van der Waals surface area contributed by atoms with Crippen LogP contribution in [0.1, 0.15) is 96.8 Å². The highest BCUT2D eigenvalue weighted by Crippen LogP contribution is 2.09. The fraction of sp³-hybridized carbons (Fsp3) is 0.833. The molecule has 4 N–H and O–H groups in total. The molecule has 142 valence electrons. The summed E-state index contributed by atoms with van der Waals surface area (Å²) < 4.78 is 0. The Morgan fingerprint density at radius 1 is 0.750 bits per heavy atom. The molecule has 0 saturated heterocycles. The number of allylic oxidation sites excluding steroid dienone is 2. The first-order chi connectivity index (χ1) is 11.5. The summed E-state index contributed by atoms with van der Waals surface area (Å²) in [6.45, 7) is 2.26. The van der Waals surface area contributed by atoms with Gasteiger partial charge in [0.15, 0.2) is 0 Å². The maximum absolute atomic E-state index is 10.3. The smallest absolute Gasteiger partial charge is 0.481 e. The summed E-state index contributed by atoms with van der Waals surface area (Å²) in [6, 6.07) is 0. The normalized spacial score (nSPS) is 10.5. The van der Waals surface area contributed by atoms with Gasteiger partial charge in [-0.25, -0.2) is 0 Å². The van der Waals surface area contributed by atoms with Crippen molar-refractivity contribution in [3.8, 4) is 0 Å². The van der Waals surface area contributed by atoms with Crippen molar-refractivity contribution >= 4 is 13.3 Å². The van der Waals surface area contributed by atoms with Crippen LogP contribution in [0.4, 0.5) is 0 Å². The number of carboxylic acid groups (broad SMARTS) is 1. The van der Waals surface area contributed by atoms with Crippen molar-refractivity contribution in [2.75, 3.05) is 0 Å². The van der Waals surface area contributed by atoms with Crippen LogP contribution in [-0.2, 0) is 4.79 Å². The molecule has 0 atom stereocenters. The lowest BCUT2D eigenvalue weighted by molar-refractivity contribution is -0.137. The quantitative estimate of drug-likeness (QED) is 0.204. The van der Waals surface area contributed by atoms with Gasteiger partial charge in [0, 0.05) is 6.42 Å². The number of carboxylic acids is 1. The second-order valence-corrected chi connectivity index (χ2v) is 6.07. The zero-order valence-electron chi connectivity index (χ0n) is 15.3. The highest BCUT2D eigenvalue weighted by molar-refractivity contribution is 6.30. The minimum atomic E-state index is -2.17. The van der Waals surface area contributed by atoms with E-state index >= 15 is 0 Å². The molecule has 24 heavy (non-hydrogen) atoms. The molecule has 0 radical (unpaired) electrons. The Hall–Kier alpha value is -0.845. The molecule has 0 aromatic rings. The number of aliphatic carboxylic acids is 1. The van der Waals surface area contributed by atoms with Gasteiger partial charge in [-0.1, -0.05) is 70.4 Å². The van der Waals surface area contributed by atoms with E-state index < -0.39 is 13.3 Å². The number of rotatable bonds is 15. The van der Waals surface area contributed by atoms with E-state index in [0.717, 1.165) is 12.8 Å². The first-order valence-corrected chi connectivity index (χ1v) is 9.41. The van der Waals surface area contributed by atoms with Gasteiger partial charge in [-0.3, -0.25) is 4.79 Å². The summed E-state index contributed by atoms with van der Waals surface area (Å²) in [4.78, 5) is 10.3. The van der Waals surface area contributed by atoms with Gasteiger partial charge >= 0.3 is 13.3 Å². The lowest BCUT2D eigenvalue weighted by atomic mass is 10.1. The zero-order chi connectivity index (χ0) is 18.5. The predicted molar refractivity (Wildman–Crippen MR) is 99.5 cm³/mol. The SMILES string of the molecule is CCCCCCCC/C=C\CCCCCCCC(=O)O.OB(O)O. The standard InChI is InChI=1S/C18H34O2.BH3O3/c1-2-3-4-5-6-7-8-9-10-11-12-13-14-15-16-17-18(19)20;2-1(3)4/h9-10H,2-8,11-17H2,1H3,(H,19,20);2-4H/b10-9-;. The predicted octanol–water partition coefficient (Wildman–Crippen LogP) is 4.06. The topological polar surface area (TPSA) is 98.0 Å². The summed E-state index contributed by atoms with van der Waals surface area (Å²) in [6.07, 6.45) is 21.2. The minimum absolute atomic E-state index is 0.332. The second kappa shape index (κ2) is 22.2. The molecular formula is C18H37BO5. The van der Waals surface area contributed by atoms with Crippen molar-refractivity contribution in [1.29, 1.82) is 0 Å². The molecular weight excluding hydrogens is 307 g/mol. The summed E-state index contributed by atoms with van der Waals surface area (Å²) >= 11 is 0. The zero-order valence-corrected chi connectivity index (χ0v) is 15.3. The van der Waals surface area contributed by atoms with Gasteiger partial charge in [0.05, 0.1) is 0 Å². The van der Waals surface area contributed by atoms with Crippen LogP contribution in [0.15, 0.2) is 12.2 Å². The van der Waals surface area contributed by atoms with Crippen LogP contribution >= 0.6 is 0 Å². The van der Waals surface area contributed by atoms with Gasteiger partial charge in [0.25, 0.3) is 0 Å². The van der Waals surface area contributed by atoms with E-state index in [1.807, 2.05) is 0 Å². The molecule has 0 aliphatic carbocycles. The largest absolute Gasteiger partial charge is 0.631 e. The first-order valence-electron chi connectivity index (χ1n) is 9.41. The van der Waals surface area contributed by atoms with E-state index in [9.17, 15) is 4.79 Å². The van der Waals surface area contributed by atoms with Gasteiger partial charge < -0.3 is 20.2 Å². The summed E-state index contributed by atoms with van der Waals surface area (Å²) in [5, 5.41) is 30.0. The molecule has 0 aromatic heterocycles. The van der Waals surface area contributed by atoms with E-state index in [0.29, 0.717) is 6.42 Å². The molecule has 0 saturated carbocycles. The molecule has 0 unspecified atom stereocenters. The van der Waals surface area contributed by atoms with Crippen molar-refractivity contribution in [3.63, 3.8) is 0 Å². The molecule has 0 spiro atoms. The fourth-order valence-corrected chi connectivity index (χ4v) is 2.35. The molecule has 0 aliphatic rings. The number of hydrogen-bond acceptors (Lipinski definition) is 4. The Kier molecular flexibility index (Phi) is 23.4. The van der Waals surface area contributed by atoms with E-state index in [2.05, 4.69) is 19.1 Å². The molecule has 6 heteroatoms. The highest BCUT2D eigenvalue weighted by atomic mass is 16.5. The Morgan fingerprint density at radius 2 is 1.12 bits per heavy atom. The molecule has 0 amide bonds. The molecule has 0 rings (SSSR count). The average Bonchev–Trinajstić information content (AvgIpc) is 2.50. The Bertz CT molecular complexity index is 280. The van der Waals surface area contributed by atoms with Gasteiger partial charge in [-0.2, -0.15) is 0 Å². The fourth-order valence-electron chi connectivity index (χ4n) is 2.35. The van der Waals surface area contributed by atoms with Crippen LogP contribution in [0.2, 0.25) is 0 Å². The monoisotopic (exact) mass is 344 g/mol. The maximum atomic E-state index is 10.3. The van der Waals surface area contributed by atoms with E-state index in [1.165, 1.54) is 70.6 Å². The first kappa shape index (κ1) is 25.4. The molecule has 5 nitrogen and oxygen atoms in total. The highest BCUT2D eigenvalue weighted by Gasteiger charge is 1.95. The van der Waals surface area contributed by atoms with Crippen molar-refractivity contribution < 1.29 is 25.0 Å². The van der Waals surface area contributed by atoms with Crippen molar-refractivity contribution in [2.45, 2.75) is 96.8 Å². The molecule has 0 heterocycles. The Morgan fingerprint density at radius 3 is 1.54 bits per heavy atom. The Balaban J connectivity index is 0. The lowest BCUT2D eigenvalue weighted by Crippen LogP contribution is -2.07. The van der Waals surface area contributed by atoms with Crippen LogP contribution in [-0.4, -0.2) is 33.5 Å². The minimum Gasteiger partial charge on any atom is -0.481 e. The molecule has 0 bridgehead atoms. The van der Waals surface area contributed by atoms with Crippen molar-refractivity contribution in [3.05, 3.63) is 12.2 Å². The number of unbranched alkanes of at least 4 members (excludes halogenated alkanes) is 11. The van der Waals surface area contributed by atoms with Crippen LogP contribution in [0.25, 0.3) is 0 Å². The molecule has 0 aliphatic heterocycles. The second-order valence-electron chi connectivity index (χ2n) is 6.07. The van der Waals surface area contributed by atoms with E-state index in [-0.39, 0.29) is 0 Å². The maximum Gasteiger partial charge on any atom is 0.631 e. The summed E-state index contributed by atoms with van der Waals surface area (Å²) in [7, 11) is -2.17. The van der Waals surface area contributed by atoms with Crippen LogP contribution in [0.3, 0.4) is 0 Å². The third-order valence-corrected chi connectivity index (χ3v) is 3.65. The lowest BCUT2D eigenvalue weighted by Gasteiger charge is -1.99. The van der Waals surface area contributed by atoms with E-state index in [4.69, 9.17) is 20.2 Å². The molecule has 0 fully saturated rings.